The van der Waals surface area contributed by atoms with Crippen molar-refractivity contribution in [2.45, 2.75) is 77.5 Å². The van der Waals surface area contributed by atoms with E-state index in [0.29, 0.717) is 13.2 Å². The summed E-state index contributed by atoms with van der Waals surface area (Å²) in [4.78, 5) is 0. The van der Waals surface area contributed by atoms with Crippen LogP contribution in [0.25, 0.3) is 0 Å². The van der Waals surface area contributed by atoms with E-state index < -0.39 is 5.60 Å². The predicted molar refractivity (Wildman–Crippen MR) is 73.1 cm³/mol. The molecule has 2 rings (SSSR count). The van der Waals surface area contributed by atoms with Gasteiger partial charge in [-0.1, -0.05) is 20.8 Å². The molecular weight excluding hydrogens is 244 g/mol. The minimum Gasteiger partial charge on any atom is -0.384 e. The predicted octanol–water partition coefficient (Wildman–Crippen LogP) is 2.13. The van der Waals surface area contributed by atoms with Gasteiger partial charge in [-0.05, 0) is 32.6 Å². The summed E-state index contributed by atoms with van der Waals surface area (Å²) < 4.78 is 17.7. The molecule has 2 aliphatic rings. The minimum atomic E-state index is -0.928. The second-order valence-corrected chi connectivity index (χ2v) is 7.46. The van der Waals surface area contributed by atoms with Crippen LogP contribution in [0.4, 0.5) is 0 Å². The first-order valence-electron chi connectivity index (χ1n) is 7.24. The first-order valence-corrected chi connectivity index (χ1v) is 7.24. The van der Waals surface area contributed by atoms with Crippen molar-refractivity contribution >= 4 is 0 Å². The van der Waals surface area contributed by atoms with Crippen molar-refractivity contribution in [3.63, 3.8) is 0 Å². The molecule has 2 fully saturated rings. The van der Waals surface area contributed by atoms with Crippen LogP contribution in [0.5, 0.6) is 0 Å². The van der Waals surface area contributed by atoms with Gasteiger partial charge in [-0.3, -0.25) is 0 Å². The highest BCUT2D eigenvalue weighted by Gasteiger charge is 2.62. The maximum atomic E-state index is 11.0. The van der Waals surface area contributed by atoms with Gasteiger partial charge in [0.2, 0.25) is 0 Å². The SMILES string of the molecule is CCC(C)(C)C1(O)CO[C@@H]2[C@H](OC(C)(C)C)CO[C@@H]21. The van der Waals surface area contributed by atoms with Crippen molar-refractivity contribution in [3.05, 3.63) is 0 Å². The summed E-state index contributed by atoms with van der Waals surface area (Å²) >= 11 is 0. The molecule has 0 aromatic heterocycles. The van der Waals surface area contributed by atoms with Crippen molar-refractivity contribution < 1.29 is 19.3 Å². The lowest BCUT2D eigenvalue weighted by molar-refractivity contribution is -0.144. The summed E-state index contributed by atoms with van der Waals surface area (Å²) in [5.74, 6) is 0. The van der Waals surface area contributed by atoms with Crippen LogP contribution < -0.4 is 0 Å². The van der Waals surface area contributed by atoms with Crippen LogP contribution in [0.15, 0.2) is 0 Å². The molecule has 0 spiro atoms. The van der Waals surface area contributed by atoms with Gasteiger partial charge in [0.1, 0.15) is 23.9 Å². The number of aliphatic hydroxyl groups is 1. The van der Waals surface area contributed by atoms with Crippen LogP contribution in [0.2, 0.25) is 0 Å². The third-order valence-corrected chi connectivity index (χ3v) is 4.63. The third kappa shape index (κ3) is 2.56. The molecule has 2 aliphatic heterocycles. The van der Waals surface area contributed by atoms with Gasteiger partial charge in [-0.15, -0.1) is 0 Å². The van der Waals surface area contributed by atoms with Crippen LogP contribution in [0.1, 0.15) is 48.0 Å². The fraction of sp³-hybridized carbons (Fsp3) is 1.00. The molecule has 1 unspecified atom stereocenters. The largest absolute Gasteiger partial charge is 0.384 e. The Kier molecular flexibility index (Phi) is 3.76. The Bertz CT molecular complexity index is 334. The molecule has 0 aromatic rings. The molecule has 4 nitrogen and oxygen atoms in total. The molecule has 4 heteroatoms. The van der Waals surface area contributed by atoms with Crippen molar-refractivity contribution in [3.8, 4) is 0 Å². The van der Waals surface area contributed by atoms with Crippen LogP contribution in [0, 0.1) is 5.41 Å². The molecule has 112 valence electrons. The van der Waals surface area contributed by atoms with Gasteiger partial charge in [0.15, 0.2) is 0 Å². The van der Waals surface area contributed by atoms with Crippen molar-refractivity contribution in [2.24, 2.45) is 5.41 Å². The van der Waals surface area contributed by atoms with E-state index in [1.54, 1.807) is 0 Å². The van der Waals surface area contributed by atoms with Crippen molar-refractivity contribution in [1.82, 2.24) is 0 Å². The topological polar surface area (TPSA) is 47.9 Å². The fourth-order valence-electron chi connectivity index (χ4n) is 2.93. The molecule has 2 heterocycles. The Labute approximate surface area is 116 Å². The van der Waals surface area contributed by atoms with Crippen LogP contribution in [-0.2, 0) is 14.2 Å². The number of hydrogen-bond acceptors (Lipinski definition) is 4. The monoisotopic (exact) mass is 272 g/mol. The zero-order valence-corrected chi connectivity index (χ0v) is 13.0. The molecule has 2 saturated heterocycles. The van der Waals surface area contributed by atoms with E-state index in [2.05, 4.69) is 20.8 Å². The van der Waals surface area contributed by atoms with Crippen LogP contribution >= 0.6 is 0 Å². The Balaban J connectivity index is 2.14. The standard InChI is InChI=1S/C15H28O4/c1-7-14(5,6)15(16)9-18-11-10(8-17-12(11)15)19-13(2,3)4/h10-12,16H,7-9H2,1-6H3/t10-,11-,12+,15?/m1/s1. The Morgan fingerprint density at radius 3 is 2.37 bits per heavy atom. The molecule has 0 amide bonds. The molecule has 0 aromatic carbocycles. The number of rotatable bonds is 3. The summed E-state index contributed by atoms with van der Waals surface area (Å²) in [5, 5.41) is 11.0. The lowest BCUT2D eigenvalue weighted by Gasteiger charge is -2.41. The summed E-state index contributed by atoms with van der Waals surface area (Å²) in [6.07, 6.45) is 0.348. The summed E-state index contributed by atoms with van der Waals surface area (Å²) in [6, 6.07) is 0. The third-order valence-electron chi connectivity index (χ3n) is 4.63. The highest BCUT2D eigenvalue weighted by Crippen LogP contribution is 2.47. The molecule has 0 radical (unpaired) electrons. The van der Waals surface area contributed by atoms with Gasteiger partial charge in [0.25, 0.3) is 0 Å². The number of hydrogen-bond donors (Lipinski definition) is 1. The van der Waals surface area contributed by atoms with Gasteiger partial charge in [0, 0.05) is 0 Å². The molecule has 0 bridgehead atoms. The summed E-state index contributed by atoms with van der Waals surface area (Å²) in [7, 11) is 0. The first kappa shape index (κ1) is 15.2. The lowest BCUT2D eigenvalue weighted by Crippen LogP contribution is -2.54. The quantitative estimate of drug-likeness (QED) is 0.855. The van der Waals surface area contributed by atoms with E-state index in [1.807, 2.05) is 20.8 Å². The fourth-order valence-corrected chi connectivity index (χ4v) is 2.93. The van der Waals surface area contributed by atoms with E-state index >= 15 is 0 Å². The Morgan fingerprint density at radius 2 is 1.84 bits per heavy atom. The van der Waals surface area contributed by atoms with Crippen LogP contribution in [-0.4, -0.2) is 47.8 Å². The van der Waals surface area contributed by atoms with E-state index in [4.69, 9.17) is 14.2 Å². The van der Waals surface area contributed by atoms with Crippen molar-refractivity contribution in [2.75, 3.05) is 13.2 Å². The molecular formula is C15H28O4. The lowest BCUT2D eigenvalue weighted by atomic mass is 9.70. The van der Waals surface area contributed by atoms with Gasteiger partial charge < -0.3 is 19.3 Å². The maximum Gasteiger partial charge on any atom is 0.122 e. The summed E-state index contributed by atoms with van der Waals surface area (Å²) in [6.45, 7) is 13.1. The van der Waals surface area contributed by atoms with Crippen LogP contribution in [0.3, 0.4) is 0 Å². The first-order chi connectivity index (χ1) is 8.61. The zero-order chi connectivity index (χ0) is 14.5. The smallest absolute Gasteiger partial charge is 0.122 e. The van der Waals surface area contributed by atoms with E-state index in [1.165, 1.54) is 0 Å². The van der Waals surface area contributed by atoms with E-state index in [0.717, 1.165) is 6.42 Å². The number of fused-ring (bicyclic) bond motifs is 1. The zero-order valence-electron chi connectivity index (χ0n) is 13.0. The van der Waals surface area contributed by atoms with Gasteiger partial charge in [-0.25, -0.2) is 0 Å². The second kappa shape index (κ2) is 4.69. The van der Waals surface area contributed by atoms with E-state index in [9.17, 15) is 5.11 Å². The van der Waals surface area contributed by atoms with Gasteiger partial charge >= 0.3 is 0 Å². The maximum absolute atomic E-state index is 11.0. The van der Waals surface area contributed by atoms with Crippen molar-refractivity contribution in [1.29, 1.82) is 0 Å². The van der Waals surface area contributed by atoms with Gasteiger partial charge in [0.05, 0.1) is 18.8 Å². The molecule has 0 aliphatic carbocycles. The van der Waals surface area contributed by atoms with E-state index in [-0.39, 0.29) is 29.3 Å². The molecule has 0 saturated carbocycles. The van der Waals surface area contributed by atoms with Gasteiger partial charge in [-0.2, -0.15) is 0 Å². The summed E-state index contributed by atoms with van der Waals surface area (Å²) in [5.41, 5.74) is -1.39. The molecule has 4 atom stereocenters. The average molecular weight is 272 g/mol. The normalized spacial score (nSPS) is 39.6. The Morgan fingerprint density at radius 1 is 1.21 bits per heavy atom. The minimum absolute atomic E-state index is 0.0910. The number of ether oxygens (including phenoxy) is 3. The molecule has 19 heavy (non-hydrogen) atoms. The Hall–Kier alpha value is -0.160. The molecule has 1 N–H and O–H groups in total. The highest BCUT2D eigenvalue weighted by atomic mass is 16.6. The second-order valence-electron chi connectivity index (χ2n) is 7.46. The average Bonchev–Trinajstić information content (AvgIpc) is 2.81. The highest BCUT2D eigenvalue weighted by molar-refractivity contribution is 5.10.